The zero-order valence-electron chi connectivity index (χ0n) is 8.16. The van der Waals surface area contributed by atoms with Crippen LogP contribution in [0.25, 0.3) is 0 Å². The van der Waals surface area contributed by atoms with E-state index in [2.05, 4.69) is 32.8 Å². The molecule has 0 aromatic carbocycles. The first-order chi connectivity index (χ1) is 5.41. The van der Waals surface area contributed by atoms with Gasteiger partial charge in [0, 0.05) is 11.6 Å². The van der Waals surface area contributed by atoms with Crippen LogP contribution >= 0.6 is 0 Å². The first-order valence-corrected chi connectivity index (χ1v) is 4.40. The fourth-order valence-corrected chi connectivity index (χ4v) is 1.80. The lowest BCUT2D eigenvalue weighted by Crippen LogP contribution is -2.34. The second kappa shape index (κ2) is 2.02. The first kappa shape index (κ1) is 8.05. The van der Waals surface area contributed by atoms with Crippen LogP contribution in [0, 0.1) is 5.41 Å². The van der Waals surface area contributed by atoms with Crippen LogP contribution in [-0.4, -0.2) is 29.6 Å². The number of hydrazone groups is 1. The smallest absolute Gasteiger partial charge is 0.156 e. The maximum absolute atomic E-state index is 5.89. The summed E-state index contributed by atoms with van der Waals surface area (Å²) in [4.78, 5) is 0. The average Bonchev–Trinajstić information content (AvgIpc) is 2.31. The van der Waals surface area contributed by atoms with E-state index in [1.54, 1.807) is 0 Å². The quantitative estimate of drug-likeness (QED) is 0.547. The highest BCUT2D eigenvalue weighted by atomic mass is 16.5. The van der Waals surface area contributed by atoms with E-state index < -0.39 is 0 Å². The van der Waals surface area contributed by atoms with Crippen molar-refractivity contribution in [3.63, 3.8) is 0 Å². The molecule has 2 aliphatic heterocycles. The third-order valence-electron chi connectivity index (χ3n) is 2.42. The number of nitrogens with zero attached hydrogens (tertiary/aromatic N) is 2. The predicted octanol–water partition coefficient (Wildman–Crippen LogP) is 1.45. The molecule has 1 saturated heterocycles. The third-order valence-corrected chi connectivity index (χ3v) is 2.42. The van der Waals surface area contributed by atoms with Gasteiger partial charge in [-0.1, -0.05) is 13.8 Å². The molecule has 3 heteroatoms. The molecule has 0 spiro atoms. The van der Waals surface area contributed by atoms with E-state index in [1.165, 1.54) is 0 Å². The van der Waals surface area contributed by atoms with E-state index in [1.807, 2.05) is 11.2 Å². The lowest BCUT2D eigenvalue weighted by atomic mass is 9.94. The molecule has 12 heavy (non-hydrogen) atoms. The van der Waals surface area contributed by atoms with E-state index in [0.29, 0.717) is 0 Å². The van der Waals surface area contributed by atoms with Crippen LogP contribution in [0.5, 0.6) is 0 Å². The van der Waals surface area contributed by atoms with Gasteiger partial charge in [0.15, 0.2) is 6.23 Å². The van der Waals surface area contributed by atoms with Gasteiger partial charge in [0.05, 0.1) is 12.1 Å². The lowest BCUT2D eigenvalue weighted by Gasteiger charge is -2.25. The number of hydrogen-bond acceptors (Lipinski definition) is 3. The van der Waals surface area contributed by atoms with Crippen LogP contribution in [0.1, 0.15) is 27.7 Å². The molecular weight excluding hydrogens is 152 g/mol. The van der Waals surface area contributed by atoms with Crippen molar-refractivity contribution in [2.45, 2.75) is 39.5 Å². The molecule has 68 valence electrons. The molecule has 3 nitrogen and oxygen atoms in total. The molecule has 0 saturated carbocycles. The Kier molecular flexibility index (Phi) is 1.35. The molecule has 0 aromatic heterocycles. The van der Waals surface area contributed by atoms with Crippen LogP contribution in [-0.2, 0) is 4.74 Å². The summed E-state index contributed by atoms with van der Waals surface area (Å²) in [5.74, 6) is 0. The standard InChI is InChI=1S/C9H16N2O/c1-8(2)5-10-11-6-9(3,4)12-7(8)11/h5,7H,6H2,1-4H3. The number of rotatable bonds is 0. The fraction of sp³-hybridized carbons (Fsp3) is 0.889. The molecule has 2 rings (SSSR count). The Hall–Kier alpha value is -0.570. The second-order valence-corrected chi connectivity index (χ2v) is 4.89. The maximum Gasteiger partial charge on any atom is 0.156 e. The molecule has 0 aromatic rings. The summed E-state index contributed by atoms with van der Waals surface area (Å²) in [7, 11) is 0. The fourth-order valence-electron chi connectivity index (χ4n) is 1.80. The van der Waals surface area contributed by atoms with Gasteiger partial charge >= 0.3 is 0 Å². The molecule has 1 atom stereocenters. The zero-order chi connectivity index (χ0) is 8.98. The summed E-state index contributed by atoms with van der Waals surface area (Å²) in [5.41, 5.74) is 0.0213. The number of fused-ring (bicyclic) bond motifs is 1. The van der Waals surface area contributed by atoms with E-state index in [9.17, 15) is 0 Å². The summed E-state index contributed by atoms with van der Waals surface area (Å²) in [5, 5.41) is 6.37. The summed E-state index contributed by atoms with van der Waals surface area (Å²) >= 11 is 0. The molecule has 2 aliphatic rings. The minimum Gasteiger partial charge on any atom is -0.348 e. The highest BCUT2D eigenvalue weighted by Crippen LogP contribution is 2.38. The molecule has 0 radical (unpaired) electrons. The molecule has 1 unspecified atom stereocenters. The van der Waals surface area contributed by atoms with Crippen LogP contribution < -0.4 is 0 Å². The average molecular weight is 168 g/mol. The third kappa shape index (κ3) is 1.04. The highest BCUT2D eigenvalue weighted by Gasteiger charge is 2.48. The molecule has 0 amide bonds. The van der Waals surface area contributed by atoms with Gasteiger partial charge in [0.25, 0.3) is 0 Å². The molecule has 1 fully saturated rings. The van der Waals surface area contributed by atoms with Crippen molar-refractivity contribution in [2.24, 2.45) is 10.5 Å². The maximum atomic E-state index is 5.89. The van der Waals surface area contributed by atoms with Gasteiger partial charge in [-0.2, -0.15) is 5.10 Å². The van der Waals surface area contributed by atoms with Gasteiger partial charge in [0.2, 0.25) is 0 Å². The van der Waals surface area contributed by atoms with Gasteiger partial charge in [-0.15, -0.1) is 0 Å². The van der Waals surface area contributed by atoms with Gasteiger partial charge < -0.3 is 4.74 Å². The Bertz CT molecular complexity index is 233. The minimum absolute atomic E-state index is 0.0420. The van der Waals surface area contributed by atoms with E-state index in [-0.39, 0.29) is 17.2 Å². The van der Waals surface area contributed by atoms with Crippen molar-refractivity contribution < 1.29 is 4.74 Å². The Morgan fingerprint density at radius 1 is 1.42 bits per heavy atom. The van der Waals surface area contributed by atoms with Crippen molar-refractivity contribution >= 4 is 6.21 Å². The number of ether oxygens (including phenoxy) is 1. The summed E-state index contributed by atoms with van der Waals surface area (Å²) in [6.45, 7) is 9.43. The molecule has 2 heterocycles. The first-order valence-electron chi connectivity index (χ1n) is 4.40. The van der Waals surface area contributed by atoms with Gasteiger partial charge in [-0.3, -0.25) is 5.01 Å². The molecule has 0 N–H and O–H groups in total. The summed E-state index contributed by atoms with van der Waals surface area (Å²) < 4.78 is 5.89. The second-order valence-electron chi connectivity index (χ2n) is 4.89. The predicted molar refractivity (Wildman–Crippen MR) is 47.9 cm³/mol. The van der Waals surface area contributed by atoms with Crippen molar-refractivity contribution in [1.29, 1.82) is 0 Å². The summed E-state index contributed by atoms with van der Waals surface area (Å²) in [6.07, 6.45) is 2.12. The largest absolute Gasteiger partial charge is 0.348 e. The van der Waals surface area contributed by atoms with Crippen LogP contribution in [0.15, 0.2) is 5.10 Å². The number of hydrogen-bond donors (Lipinski definition) is 0. The summed E-state index contributed by atoms with van der Waals surface area (Å²) in [6, 6.07) is 0. The Balaban J connectivity index is 2.23. The highest BCUT2D eigenvalue weighted by molar-refractivity contribution is 5.67. The molecule has 0 bridgehead atoms. The van der Waals surface area contributed by atoms with E-state index in [0.717, 1.165) is 6.54 Å². The minimum atomic E-state index is -0.0420. The molecular formula is C9H16N2O. The van der Waals surface area contributed by atoms with Gasteiger partial charge in [-0.05, 0) is 13.8 Å². The topological polar surface area (TPSA) is 24.8 Å². The lowest BCUT2D eigenvalue weighted by molar-refractivity contribution is -0.0687. The van der Waals surface area contributed by atoms with Crippen LogP contribution in [0.4, 0.5) is 0 Å². The SMILES string of the molecule is CC1(C)CN2N=CC(C)(C)C2O1. The van der Waals surface area contributed by atoms with Crippen molar-refractivity contribution in [2.75, 3.05) is 6.54 Å². The normalized spacial score (nSPS) is 35.7. The van der Waals surface area contributed by atoms with E-state index >= 15 is 0 Å². The van der Waals surface area contributed by atoms with Crippen LogP contribution in [0.2, 0.25) is 0 Å². The van der Waals surface area contributed by atoms with Crippen LogP contribution in [0.3, 0.4) is 0 Å². The van der Waals surface area contributed by atoms with Crippen molar-refractivity contribution in [3.8, 4) is 0 Å². The van der Waals surface area contributed by atoms with Crippen molar-refractivity contribution in [3.05, 3.63) is 0 Å². The Labute approximate surface area is 73.4 Å². The Morgan fingerprint density at radius 3 is 2.67 bits per heavy atom. The van der Waals surface area contributed by atoms with Gasteiger partial charge in [-0.25, -0.2) is 0 Å². The monoisotopic (exact) mass is 168 g/mol. The van der Waals surface area contributed by atoms with Crippen molar-refractivity contribution in [1.82, 2.24) is 5.01 Å². The zero-order valence-corrected chi connectivity index (χ0v) is 8.16. The van der Waals surface area contributed by atoms with Gasteiger partial charge in [0.1, 0.15) is 0 Å². The Morgan fingerprint density at radius 2 is 2.08 bits per heavy atom. The molecule has 0 aliphatic carbocycles. The van der Waals surface area contributed by atoms with E-state index in [4.69, 9.17) is 4.74 Å².